The maximum Gasteiger partial charge on any atom is 0.314 e. The molecule has 1 aromatic heterocycles. The fraction of sp³-hybridized carbons (Fsp3) is 0.500. The molecule has 1 saturated heterocycles. The van der Waals surface area contributed by atoms with Gasteiger partial charge in [0.15, 0.2) is 0 Å². The number of urea groups is 1. The lowest BCUT2D eigenvalue weighted by molar-refractivity contribution is -0.113. The largest absolute Gasteiger partial charge is 0.490 e. The topological polar surface area (TPSA) is 211 Å². The second-order valence-corrected chi connectivity index (χ2v) is 16.0. The molecule has 2 amide bonds. The first kappa shape index (κ1) is 38.3. The fourth-order valence-corrected chi connectivity index (χ4v) is 7.99. The number of sulfonamides is 1. The molecule has 14 nitrogen and oxygen atoms in total. The minimum absolute atomic E-state index is 0.0101. The number of aliphatic hydroxyl groups is 5. The van der Waals surface area contributed by atoms with Crippen molar-refractivity contribution in [1.29, 1.82) is 0 Å². The molecule has 3 aliphatic rings. The van der Waals surface area contributed by atoms with Crippen LogP contribution in [-0.2, 0) is 27.0 Å². The van der Waals surface area contributed by atoms with Crippen molar-refractivity contribution in [3.63, 3.8) is 0 Å². The molecule has 0 spiro atoms. The number of rotatable bonds is 18. The molecule has 7 N–H and O–H groups in total. The van der Waals surface area contributed by atoms with Gasteiger partial charge in [0.25, 0.3) is 0 Å². The van der Waals surface area contributed by atoms with Crippen molar-refractivity contribution in [2.75, 3.05) is 32.8 Å². The summed E-state index contributed by atoms with van der Waals surface area (Å²) in [6, 6.07) is 13.9. The summed E-state index contributed by atoms with van der Waals surface area (Å²) in [6.45, 7) is -0.340. The lowest BCUT2D eigenvalue weighted by atomic mass is 9.96. The summed E-state index contributed by atoms with van der Waals surface area (Å²) in [6.07, 6.45) is 1.18. The molecule has 0 bridgehead atoms. The van der Waals surface area contributed by atoms with Crippen molar-refractivity contribution in [2.24, 2.45) is 5.92 Å². The number of ether oxygens (including phenoxy) is 2. The molecule has 4 atom stereocenters. The predicted molar refractivity (Wildman–Crippen MR) is 190 cm³/mol. The maximum atomic E-state index is 13.5. The first-order chi connectivity index (χ1) is 24.9. The smallest absolute Gasteiger partial charge is 0.314 e. The molecule has 0 unspecified atom stereocenters. The highest BCUT2D eigenvalue weighted by Gasteiger charge is 2.48. The number of halogens is 1. The third kappa shape index (κ3) is 8.86. The van der Waals surface area contributed by atoms with Crippen LogP contribution in [0, 0.1) is 5.92 Å². The molecule has 2 heterocycles. The zero-order valence-electron chi connectivity index (χ0n) is 28.5. The van der Waals surface area contributed by atoms with Crippen LogP contribution in [0.4, 0.5) is 4.79 Å². The van der Waals surface area contributed by atoms with Gasteiger partial charge in [0.2, 0.25) is 10.0 Å². The zero-order valence-corrected chi connectivity index (χ0v) is 30.0. The monoisotopic (exact) mass is 760 g/mol. The third-order valence-electron chi connectivity index (χ3n) is 9.73. The Morgan fingerprint density at radius 1 is 1.00 bits per heavy atom. The van der Waals surface area contributed by atoms with Crippen LogP contribution in [0.25, 0.3) is 11.1 Å². The van der Waals surface area contributed by atoms with Crippen molar-refractivity contribution in [1.82, 2.24) is 19.9 Å². The second kappa shape index (κ2) is 16.3. The van der Waals surface area contributed by atoms with Crippen LogP contribution < -0.4 is 15.4 Å². The molecule has 16 heteroatoms. The Labute approximate surface area is 307 Å². The van der Waals surface area contributed by atoms with Gasteiger partial charge < -0.3 is 45.6 Å². The van der Waals surface area contributed by atoms with Crippen LogP contribution >= 0.6 is 11.6 Å². The van der Waals surface area contributed by atoms with Gasteiger partial charge in [-0.1, -0.05) is 29.8 Å². The molecule has 3 fully saturated rings. The zero-order chi connectivity index (χ0) is 37.0. The highest BCUT2D eigenvalue weighted by Crippen LogP contribution is 2.53. The van der Waals surface area contributed by atoms with Crippen LogP contribution in [0.3, 0.4) is 0 Å². The first-order valence-corrected chi connectivity index (χ1v) is 19.2. The number of benzene rings is 2. The van der Waals surface area contributed by atoms with E-state index in [1.54, 1.807) is 18.3 Å². The summed E-state index contributed by atoms with van der Waals surface area (Å²) in [5, 5.41) is 53.1. The quantitative estimate of drug-likeness (QED) is 0.0996. The average molecular weight is 761 g/mol. The van der Waals surface area contributed by atoms with E-state index in [4.69, 9.17) is 26.2 Å². The second-order valence-electron chi connectivity index (χ2n) is 13.7. The Morgan fingerprint density at radius 3 is 2.44 bits per heavy atom. The molecule has 52 heavy (non-hydrogen) atoms. The van der Waals surface area contributed by atoms with Gasteiger partial charge in [-0.3, -0.25) is 4.98 Å². The van der Waals surface area contributed by atoms with Crippen molar-refractivity contribution in [2.45, 2.75) is 79.7 Å². The Kier molecular flexibility index (Phi) is 12.0. The van der Waals surface area contributed by atoms with Crippen molar-refractivity contribution in [3.05, 3.63) is 77.1 Å². The molecule has 282 valence electrons. The molecule has 3 aromatic rings. The Hall–Kier alpha value is -3.38. The van der Waals surface area contributed by atoms with Crippen LogP contribution in [0.15, 0.2) is 65.8 Å². The number of hydrogen-bond donors (Lipinski definition) is 7. The first-order valence-electron chi connectivity index (χ1n) is 17.4. The van der Waals surface area contributed by atoms with Crippen LogP contribution in [0.5, 0.6) is 5.75 Å². The van der Waals surface area contributed by atoms with E-state index in [-0.39, 0.29) is 43.2 Å². The maximum absolute atomic E-state index is 13.5. The summed E-state index contributed by atoms with van der Waals surface area (Å²) in [5.41, 5.74) is 2.88. The van der Waals surface area contributed by atoms with Gasteiger partial charge in [0, 0.05) is 54.7 Å². The number of nitrogens with zero attached hydrogens (tertiary/aromatic N) is 2. The number of aliphatic hydroxyl groups excluding tert-OH is 5. The summed E-state index contributed by atoms with van der Waals surface area (Å²) in [4.78, 5) is 16.6. The van der Waals surface area contributed by atoms with E-state index >= 15 is 0 Å². The summed E-state index contributed by atoms with van der Waals surface area (Å²) in [5.74, 6) is 0.838. The summed E-state index contributed by atoms with van der Waals surface area (Å²) >= 11 is 6.55. The average Bonchev–Trinajstić information content (AvgIpc) is 4.08. The van der Waals surface area contributed by atoms with E-state index in [0.717, 1.165) is 48.1 Å². The molecule has 2 saturated carbocycles. The fourth-order valence-electron chi connectivity index (χ4n) is 6.18. The SMILES string of the molecule is O=C(NCCC1CN(S(=O)(=O)c2ccc(Cl)c(COC3(c4cnccc4-c4ccccc4OC4CC4)CC3)c2)C1)NC[C@H](O)[C@@H](O)[C@H](O)[C@H](O)CO. The Morgan fingerprint density at radius 2 is 1.73 bits per heavy atom. The molecular weight excluding hydrogens is 716 g/mol. The Bertz CT molecular complexity index is 1820. The van der Waals surface area contributed by atoms with Gasteiger partial charge in [-0.05, 0) is 79.5 Å². The Balaban J connectivity index is 1.00. The van der Waals surface area contributed by atoms with Gasteiger partial charge in [-0.15, -0.1) is 0 Å². The van der Waals surface area contributed by atoms with E-state index < -0.39 is 59.2 Å². The molecule has 0 radical (unpaired) electrons. The number of nitrogens with one attached hydrogen (secondary N) is 2. The molecule has 2 aromatic carbocycles. The normalized spacial score (nSPS) is 19.6. The molecule has 2 aliphatic carbocycles. The van der Waals surface area contributed by atoms with Crippen LogP contribution in [0.2, 0.25) is 5.02 Å². The highest BCUT2D eigenvalue weighted by molar-refractivity contribution is 7.89. The number of pyridine rings is 1. The summed E-state index contributed by atoms with van der Waals surface area (Å²) in [7, 11) is -3.81. The van der Waals surface area contributed by atoms with Crippen molar-refractivity contribution < 1.29 is 48.2 Å². The van der Waals surface area contributed by atoms with Gasteiger partial charge in [0.1, 0.15) is 24.1 Å². The molecule has 6 rings (SSSR count). The number of carbonyl (C=O) groups excluding carboxylic acids is 1. The van der Waals surface area contributed by atoms with Gasteiger partial charge >= 0.3 is 6.03 Å². The number of para-hydroxylation sites is 1. The lowest BCUT2D eigenvalue weighted by Gasteiger charge is -2.38. The van der Waals surface area contributed by atoms with E-state index in [1.807, 2.05) is 36.5 Å². The number of aromatic nitrogens is 1. The van der Waals surface area contributed by atoms with Gasteiger partial charge in [-0.25, -0.2) is 13.2 Å². The molecule has 1 aliphatic heterocycles. The van der Waals surface area contributed by atoms with Gasteiger partial charge in [0.05, 0.1) is 35.9 Å². The number of hydrogen-bond acceptors (Lipinski definition) is 11. The minimum Gasteiger partial charge on any atom is -0.490 e. The lowest BCUT2D eigenvalue weighted by Crippen LogP contribution is -2.52. The van der Waals surface area contributed by atoms with Crippen LogP contribution in [0.1, 0.15) is 43.2 Å². The highest BCUT2D eigenvalue weighted by atomic mass is 35.5. The van der Waals surface area contributed by atoms with Crippen molar-refractivity contribution in [3.8, 4) is 16.9 Å². The van der Waals surface area contributed by atoms with Crippen molar-refractivity contribution >= 4 is 27.7 Å². The predicted octanol–water partition coefficient (Wildman–Crippen LogP) is 1.89. The van der Waals surface area contributed by atoms with E-state index in [2.05, 4.69) is 15.6 Å². The van der Waals surface area contributed by atoms with E-state index in [9.17, 15) is 33.6 Å². The van der Waals surface area contributed by atoms with E-state index in [1.165, 1.54) is 10.4 Å². The number of amides is 2. The van der Waals surface area contributed by atoms with E-state index in [0.29, 0.717) is 17.0 Å². The minimum atomic E-state index is -3.81. The van der Waals surface area contributed by atoms with Gasteiger partial charge in [-0.2, -0.15) is 4.31 Å². The third-order valence-corrected chi connectivity index (χ3v) is 11.9. The standard InChI is InChI=1S/C36H45ClN4O10S/c37-29-8-7-25(52(48,49)41-18-22(19-41)9-14-39-35(47)40-17-30(43)33(45)34(46)31(44)20-42)15-23(29)21-50-36(11-12-36)28-16-38-13-10-26(28)27-3-1-2-4-32(27)51-24-5-6-24/h1-4,7-8,10,13,15-16,22,24,30-31,33-34,42-46H,5-6,9,11-12,14,17-21H2,(H2,39,40,47)/t30-,31+,33+,34+/m0/s1. The summed E-state index contributed by atoms with van der Waals surface area (Å²) < 4.78 is 41.2. The number of carbonyl (C=O) groups is 1. The molecular formula is C36H45ClN4O10S. The van der Waals surface area contributed by atoms with Crippen LogP contribution in [-0.4, -0.2) is 113 Å².